The normalized spacial score (nSPS) is 11.8. The highest BCUT2D eigenvalue weighted by molar-refractivity contribution is 6.60. The van der Waals surface area contributed by atoms with Gasteiger partial charge >= 0.3 is 8.80 Å². The van der Waals surface area contributed by atoms with Gasteiger partial charge < -0.3 is 18.6 Å². The van der Waals surface area contributed by atoms with Gasteiger partial charge in [0, 0.05) is 38.1 Å². The van der Waals surface area contributed by atoms with Gasteiger partial charge in [0.2, 0.25) is 0 Å². The molecule has 0 aliphatic carbocycles. The maximum absolute atomic E-state index is 6.80. The van der Waals surface area contributed by atoms with E-state index in [0.29, 0.717) is 0 Å². The van der Waals surface area contributed by atoms with Crippen molar-refractivity contribution in [2.75, 3.05) is 31.7 Å². The quantitative estimate of drug-likeness (QED) is 0.0541. The van der Waals surface area contributed by atoms with Gasteiger partial charge in [-0.3, -0.25) is 0 Å². The summed E-state index contributed by atoms with van der Waals surface area (Å²) in [6, 6.07) is 11.5. The van der Waals surface area contributed by atoms with Crippen LogP contribution in [0.2, 0.25) is 6.04 Å². The van der Waals surface area contributed by atoms with Gasteiger partial charge in [-0.15, -0.1) is 0 Å². The molecule has 0 unspecified atom stereocenters. The van der Waals surface area contributed by atoms with Crippen LogP contribution < -0.4 is 5.32 Å². The second-order valence-corrected chi connectivity index (χ2v) is 17.9. The molecular weight excluding hydrogens is 631 g/mol. The van der Waals surface area contributed by atoms with Gasteiger partial charge in [0.1, 0.15) is 0 Å². The maximum atomic E-state index is 6.80. The van der Waals surface area contributed by atoms with Crippen molar-refractivity contribution in [2.45, 2.75) is 226 Å². The molecule has 0 aliphatic rings. The summed E-state index contributed by atoms with van der Waals surface area (Å²) in [6.45, 7) is 10.2. The van der Waals surface area contributed by atoms with Crippen LogP contribution in [0.5, 0.6) is 0 Å². The molecule has 4 nitrogen and oxygen atoms in total. The number of benzene rings is 1. The molecule has 0 saturated carbocycles. The van der Waals surface area contributed by atoms with E-state index < -0.39 is 8.80 Å². The third-order valence-electron chi connectivity index (χ3n) is 10.2. The molecule has 1 rings (SSSR count). The van der Waals surface area contributed by atoms with Gasteiger partial charge in [-0.2, -0.15) is 0 Å². The molecule has 0 aromatic heterocycles. The van der Waals surface area contributed by atoms with Gasteiger partial charge in [0.25, 0.3) is 0 Å². The standard InChI is InChI=1S/C45H87NO3Si/c1-4-7-10-13-16-19-22-25-28-34-41-47-50(44-37-40-46-45-38-32-31-33-39-45,48-42-35-29-26-23-20-17-14-11-8-5-2)49-43-36-30-27-24-21-18-15-12-9-6-3/h31-33,38-39,46H,4-30,34-37,40-44H2,1-3H3. The first kappa shape index (κ1) is 47.1. The van der Waals surface area contributed by atoms with Gasteiger partial charge in [-0.05, 0) is 37.8 Å². The van der Waals surface area contributed by atoms with Crippen molar-refractivity contribution in [2.24, 2.45) is 0 Å². The third kappa shape index (κ3) is 30.7. The molecule has 0 radical (unpaired) electrons. The van der Waals surface area contributed by atoms with Crippen molar-refractivity contribution in [1.29, 1.82) is 0 Å². The van der Waals surface area contributed by atoms with E-state index in [-0.39, 0.29) is 0 Å². The van der Waals surface area contributed by atoms with Crippen molar-refractivity contribution >= 4 is 14.5 Å². The van der Waals surface area contributed by atoms with Crippen LogP contribution >= 0.6 is 0 Å². The van der Waals surface area contributed by atoms with E-state index in [2.05, 4.69) is 56.4 Å². The van der Waals surface area contributed by atoms with E-state index in [1.807, 2.05) is 0 Å². The van der Waals surface area contributed by atoms with E-state index in [4.69, 9.17) is 13.3 Å². The van der Waals surface area contributed by atoms with Crippen molar-refractivity contribution < 1.29 is 13.3 Å². The molecule has 0 aliphatic heterocycles. The smallest absolute Gasteiger partial charge is 0.385 e. The summed E-state index contributed by atoms with van der Waals surface area (Å²) >= 11 is 0. The first-order valence-electron chi connectivity index (χ1n) is 22.5. The fourth-order valence-electron chi connectivity index (χ4n) is 6.89. The highest BCUT2D eigenvalue weighted by Crippen LogP contribution is 2.22. The second kappa shape index (κ2) is 37.9. The lowest BCUT2D eigenvalue weighted by Gasteiger charge is -2.30. The highest BCUT2D eigenvalue weighted by atomic mass is 28.4. The van der Waals surface area contributed by atoms with Crippen LogP contribution in [0.3, 0.4) is 0 Å². The van der Waals surface area contributed by atoms with E-state index in [1.165, 1.54) is 179 Å². The topological polar surface area (TPSA) is 39.7 Å². The lowest BCUT2D eigenvalue weighted by atomic mass is 10.1. The highest BCUT2D eigenvalue weighted by Gasteiger charge is 2.40. The van der Waals surface area contributed by atoms with Gasteiger partial charge in [0.05, 0.1) is 0 Å². The molecule has 0 bridgehead atoms. The summed E-state index contributed by atoms with van der Waals surface area (Å²) in [5.41, 5.74) is 1.18. The first-order valence-corrected chi connectivity index (χ1v) is 24.4. The Morgan fingerprint density at radius 1 is 0.380 bits per heavy atom. The lowest BCUT2D eigenvalue weighted by molar-refractivity contribution is 0.0549. The van der Waals surface area contributed by atoms with Crippen molar-refractivity contribution in [3.63, 3.8) is 0 Å². The summed E-state index contributed by atoms with van der Waals surface area (Å²) < 4.78 is 20.4. The Morgan fingerprint density at radius 2 is 0.680 bits per heavy atom. The molecule has 0 atom stereocenters. The Kier molecular flexibility index (Phi) is 35.7. The molecule has 0 spiro atoms. The molecule has 0 heterocycles. The van der Waals surface area contributed by atoms with Crippen molar-refractivity contribution in [3.8, 4) is 0 Å². The number of anilines is 1. The zero-order valence-electron chi connectivity index (χ0n) is 34.1. The lowest BCUT2D eigenvalue weighted by Crippen LogP contribution is -2.47. The Morgan fingerprint density at radius 3 is 1.00 bits per heavy atom. The predicted octanol–water partition coefficient (Wildman–Crippen LogP) is 15.2. The monoisotopic (exact) mass is 718 g/mol. The predicted molar refractivity (Wildman–Crippen MR) is 223 cm³/mol. The van der Waals surface area contributed by atoms with E-state index in [0.717, 1.165) is 58.1 Å². The molecule has 1 aromatic rings. The minimum Gasteiger partial charge on any atom is -0.385 e. The summed E-state index contributed by atoms with van der Waals surface area (Å²) in [7, 11) is -2.76. The molecule has 294 valence electrons. The molecule has 0 saturated heterocycles. The van der Waals surface area contributed by atoms with Crippen LogP contribution in [0.1, 0.15) is 220 Å². The average molecular weight is 718 g/mol. The number of hydrogen-bond acceptors (Lipinski definition) is 4. The van der Waals surface area contributed by atoms with Crippen molar-refractivity contribution in [3.05, 3.63) is 30.3 Å². The van der Waals surface area contributed by atoms with E-state index in [9.17, 15) is 0 Å². The summed E-state index contributed by atoms with van der Waals surface area (Å²) in [5, 5.41) is 3.61. The Bertz CT molecular complexity index is 714. The van der Waals surface area contributed by atoms with Gasteiger partial charge in [-0.25, -0.2) is 0 Å². The molecule has 50 heavy (non-hydrogen) atoms. The number of rotatable bonds is 41. The van der Waals surface area contributed by atoms with E-state index in [1.54, 1.807) is 0 Å². The molecule has 0 fully saturated rings. The zero-order valence-corrected chi connectivity index (χ0v) is 35.1. The van der Waals surface area contributed by atoms with E-state index >= 15 is 0 Å². The SMILES string of the molecule is CCCCCCCCCCCCO[Si](CCCNc1ccccc1)(OCCCCCCCCCCCC)OCCCCCCCCCCCC. The number of hydrogen-bond donors (Lipinski definition) is 1. The number of para-hydroxylation sites is 1. The van der Waals surface area contributed by atoms with Gasteiger partial charge in [-0.1, -0.05) is 212 Å². The van der Waals surface area contributed by atoms with Crippen LogP contribution in [0, 0.1) is 0 Å². The number of unbranched alkanes of at least 4 members (excludes halogenated alkanes) is 27. The Labute approximate surface area is 314 Å². The third-order valence-corrected chi connectivity index (χ3v) is 13.1. The zero-order chi connectivity index (χ0) is 35.9. The summed E-state index contributed by atoms with van der Waals surface area (Å²) in [4.78, 5) is 0. The minimum absolute atomic E-state index is 0.783. The summed E-state index contributed by atoms with van der Waals surface area (Å²) in [6.07, 6.45) is 41.3. The molecule has 1 aromatic carbocycles. The van der Waals surface area contributed by atoms with Gasteiger partial charge in [0.15, 0.2) is 0 Å². The fourth-order valence-corrected chi connectivity index (χ4v) is 9.55. The molecule has 5 heteroatoms. The first-order chi connectivity index (χ1) is 24.8. The largest absolute Gasteiger partial charge is 0.501 e. The average Bonchev–Trinajstić information content (AvgIpc) is 3.14. The van der Waals surface area contributed by atoms with Crippen LogP contribution in [0.4, 0.5) is 5.69 Å². The molecule has 1 N–H and O–H groups in total. The van der Waals surface area contributed by atoms with Crippen LogP contribution in [0.15, 0.2) is 30.3 Å². The summed E-state index contributed by atoms with van der Waals surface area (Å²) in [5.74, 6) is 0. The molecule has 0 amide bonds. The van der Waals surface area contributed by atoms with Crippen LogP contribution in [0.25, 0.3) is 0 Å². The fraction of sp³-hybridized carbons (Fsp3) is 0.867. The van der Waals surface area contributed by atoms with Crippen LogP contribution in [-0.4, -0.2) is 35.2 Å². The number of nitrogens with one attached hydrogen (secondary N) is 1. The maximum Gasteiger partial charge on any atom is 0.501 e. The van der Waals surface area contributed by atoms with Crippen LogP contribution in [-0.2, 0) is 13.3 Å². The minimum atomic E-state index is -2.76. The molecular formula is C45H87NO3Si. The van der Waals surface area contributed by atoms with Crippen molar-refractivity contribution in [1.82, 2.24) is 0 Å². The second-order valence-electron chi connectivity index (χ2n) is 15.2. The Balaban J connectivity index is 2.59. The Hall–Kier alpha value is -0.883.